The Labute approximate surface area is 90.2 Å². The van der Waals surface area contributed by atoms with E-state index in [1.807, 2.05) is 6.92 Å². The summed E-state index contributed by atoms with van der Waals surface area (Å²) in [7, 11) is 1.30. The van der Waals surface area contributed by atoms with Gasteiger partial charge in [0.2, 0.25) is 0 Å². The second-order valence-electron chi connectivity index (χ2n) is 2.88. The van der Waals surface area contributed by atoms with Crippen LogP contribution >= 0.6 is 0 Å². The van der Waals surface area contributed by atoms with Gasteiger partial charge in [-0.15, -0.1) is 0 Å². The summed E-state index contributed by atoms with van der Waals surface area (Å²) in [4.78, 5) is 22.9. The predicted molar refractivity (Wildman–Crippen MR) is 56.3 cm³/mol. The van der Waals surface area contributed by atoms with Crippen LogP contribution in [0, 0.1) is 0 Å². The fourth-order valence-electron chi connectivity index (χ4n) is 1.30. The smallest absolute Gasteiger partial charge is 0.334 e. The summed E-state index contributed by atoms with van der Waals surface area (Å²) in [6, 6.07) is 0. The third-order valence-electron chi connectivity index (χ3n) is 2.03. The highest BCUT2D eigenvalue weighted by atomic mass is 16.5. The molecule has 0 saturated carbocycles. The van der Waals surface area contributed by atoms with E-state index in [2.05, 4.69) is 4.74 Å². The highest BCUT2D eigenvalue weighted by Crippen LogP contribution is 2.15. The van der Waals surface area contributed by atoms with Crippen molar-refractivity contribution in [3.8, 4) is 0 Å². The van der Waals surface area contributed by atoms with Gasteiger partial charge in [-0.05, 0) is 19.8 Å². The van der Waals surface area contributed by atoms with Gasteiger partial charge in [0, 0.05) is 11.1 Å². The van der Waals surface area contributed by atoms with E-state index in [0.717, 1.165) is 0 Å². The maximum absolute atomic E-state index is 11.5. The zero-order chi connectivity index (χ0) is 11.8. The topological polar surface area (TPSA) is 52.6 Å². The number of esters is 2. The van der Waals surface area contributed by atoms with Gasteiger partial charge in [-0.3, -0.25) is 0 Å². The molecule has 15 heavy (non-hydrogen) atoms. The second kappa shape index (κ2) is 7.04. The lowest BCUT2D eigenvalue weighted by molar-refractivity contribution is -0.141. The molecule has 0 bridgehead atoms. The molecule has 0 aromatic carbocycles. The molecule has 0 aromatic heterocycles. The Morgan fingerprint density at radius 1 is 0.933 bits per heavy atom. The first-order chi connectivity index (χ1) is 7.12. The molecule has 86 valence electrons. The minimum atomic E-state index is -0.456. The highest BCUT2D eigenvalue weighted by Gasteiger charge is 2.19. The Hall–Kier alpha value is -1.32. The number of hydrogen-bond acceptors (Lipinski definition) is 4. The minimum absolute atomic E-state index is 0.306. The van der Waals surface area contributed by atoms with E-state index >= 15 is 0 Å². The van der Waals surface area contributed by atoms with Gasteiger partial charge in [-0.2, -0.15) is 0 Å². The van der Waals surface area contributed by atoms with Gasteiger partial charge in [-0.25, -0.2) is 9.59 Å². The van der Waals surface area contributed by atoms with Crippen molar-refractivity contribution in [2.45, 2.75) is 33.6 Å². The van der Waals surface area contributed by atoms with Crippen molar-refractivity contribution in [2.24, 2.45) is 0 Å². The summed E-state index contributed by atoms with van der Waals surface area (Å²) in [5, 5.41) is 0. The van der Waals surface area contributed by atoms with E-state index in [4.69, 9.17) is 4.74 Å². The average Bonchev–Trinajstić information content (AvgIpc) is 2.24. The Morgan fingerprint density at radius 3 is 1.73 bits per heavy atom. The molecule has 0 spiro atoms. The van der Waals surface area contributed by atoms with Crippen LogP contribution < -0.4 is 0 Å². The first-order valence-corrected chi connectivity index (χ1v) is 5.09. The number of methoxy groups -OCH3 is 1. The number of ether oxygens (including phenoxy) is 2. The van der Waals surface area contributed by atoms with Crippen LogP contribution in [0.4, 0.5) is 0 Å². The molecule has 4 heteroatoms. The minimum Gasteiger partial charge on any atom is -0.466 e. The molecule has 0 unspecified atom stereocenters. The van der Waals surface area contributed by atoms with Crippen molar-refractivity contribution in [2.75, 3.05) is 13.7 Å². The number of carbonyl (C=O) groups excluding carboxylic acids is 2. The van der Waals surface area contributed by atoms with E-state index < -0.39 is 11.9 Å². The Bertz CT molecular complexity index is 266. The van der Waals surface area contributed by atoms with Crippen molar-refractivity contribution in [3.05, 3.63) is 11.1 Å². The lowest BCUT2D eigenvalue weighted by atomic mass is 10.0. The molecule has 0 heterocycles. The average molecular weight is 214 g/mol. The maximum atomic E-state index is 11.5. The molecule has 4 nitrogen and oxygen atoms in total. The molecule has 0 radical (unpaired) electrons. The van der Waals surface area contributed by atoms with Crippen molar-refractivity contribution in [1.82, 2.24) is 0 Å². The van der Waals surface area contributed by atoms with Crippen molar-refractivity contribution in [3.63, 3.8) is 0 Å². The lowest BCUT2D eigenvalue weighted by Crippen LogP contribution is -2.15. The first-order valence-electron chi connectivity index (χ1n) is 5.09. The molecule has 0 aliphatic carbocycles. The van der Waals surface area contributed by atoms with Crippen LogP contribution in [0.15, 0.2) is 11.1 Å². The van der Waals surface area contributed by atoms with E-state index in [-0.39, 0.29) is 0 Å². The first kappa shape index (κ1) is 13.7. The molecule has 0 N–H and O–H groups in total. The summed E-state index contributed by atoms with van der Waals surface area (Å²) < 4.78 is 9.48. The highest BCUT2D eigenvalue weighted by molar-refractivity contribution is 6.00. The van der Waals surface area contributed by atoms with Gasteiger partial charge < -0.3 is 9.47 Å². The Morgan fingerprint density at radius 2 is 1.40 bits per heavy atom. The number of hydrogen-bond donors (Lipinski definition) is 0. The zero-order valence-electron chi connectivity index (χ0n) is 9.75. The summed E-state index contributed by atoms with van der Waals surface area (Å²) in [5.41, 5.74) is 0.810. The number of carbonyl (C=O) groups is 2. The third-order valence-corrected chi connectivity index (χ3v) is 2.03. The molecular weight excluding hydrogens is 196 g/mol. The molecule has 0 aliphatic rings. The molecule has 0 amide bonds. The lowest BCUT2D eigenvalue weighted by Gasteiger charge is -2.09. The van der Waals surface area contributed by atoms with Crippen LogP contribution in [0.2, 0.25) is 0 Å². The largest absolute Gasteiger partial charge is 0.466 e. The van der Waals surface area contributed by atoms with E-state index in [1.165, 1.54) is 7.11 Å². The summed E-state index contributed by atoms with van der Waals surface area (Å²) >= 11 is 0. The van der Waals surface area contributed by atoms with Gasteiger partial charge in [-0.1, -0.05) is 13.8 Å². The van der Waals surface area contributed by atoms with Crippen LogP contribution in [0.3, 0.4) is 0 Å². The molecule has 0 aliphatic heterocycles. The van der Waals surface area contributed by atoms with E-state index in [9.17, 15) is 9.59 Å². The van der Waals surface area contributed by atoms with Crippen LogP contribution in [0.25, 0.3) is 0 Å². The Kier molecular flexibility index (Phi) is 6.42. The number of rotatable bonds is 5. The van der Waals surface area contributed by atoms with E-state index in [1.54, 1.807) is 13.8 Å². The van der Waals surface area contributed by atoms with Crippen LogP contribution in [0.1, 0.15) is 33.6 Å². The SMILES string of the molecule is CCOC(=O)/C(CC)=C(\CC)C(=O)OC. The van der Waals surface area contributed by atoms with Gasteiger partial charge in [0.1, 0.15) is 0 Å². The van der Waals surface area contributed by atoms with Crippen molar-refractivity contribution in [1.29, 1.82) is 0 Å². The van der Waals surface area contributed by atoms with Gasteiger partial charge in [0.25, 0.3) is 0 Å². The molecule has 0 aromatic rings. The summed E-state index contributed by atoms with van der Waals surface area (Å²) in [5.74, 6) is -0.885. The fraction of sp³-hybridized carbons (Fsp3) is 0.636. The van der Waals surface area contributed by atoms with Crippen LogP contribution in [-0.2, 0) is 19.1 Å². The van der Waals surface area contributed by atoms with Crippen LogP contribution in [0.5, 0.6) is 0 Å². The molecule has 0 fully saturated rings. The molecular formula is C11H18O4. The predicted octanol–water partition coefficient (Wildman–Crippen LogP) is 1.84. The van der Waals surface area contributed by atoms with Gasteiger partial charge in [0.05, 0.1) is 13.7 Å². The van der Waals surface area contributed by atoms with Gasteiger partial charge in [0.15, 0.2) is 0 Å². The normalized spacial score (nSPS) is 11.7. The second-order valence-corrected chi connectivity index (χ2v) is 2.88. The van der Waals surface area contributed by atoms with Crippen LogP contribution in [-0.4, -0.2) is 25.7 Å². The molecule has 0 atom stereocenters. The van der Waals surface area contributed by atoms with Crippen molar-refractivity contribution < 1.29 is 19.1 Å². The monoisotopic (exact) mass is 214 g/mol. The standard InChI is InChI=1S/C11H18O4/c1-5-8(10(12)14-4)9(6-2)11(13)15-7-3/h5-7H2,1-4H3/b9-8+. The van der Waals surface area contributed by atoms with E-state index in [0.29, 0.717) is 30.6 Å². The summed E-state index contributed by atoms with van der Waals surface area (Å²) in [6.07, 6.45) is 0.936. The Balaban J connectivity index is 5.06. The molecule has 0 saturated heterocycles. The van der Waals surface area contributed by atoms with Crippen molar-refractivity contribution >= 4 is 11.9 Å². The third kappa shape index (κ3) is 3.73. The quantitative estimate of drug-likeness (QED) is 0.517. The van der Waals surface area contributed by atoms with Gasteiger partial charge >= 0.3 is 11.9 Å². The fourth-order valence-corrected chi connectivity index (χ4v) is 1.30. The maximum Gasteiger partial charge on any atom is 0.334 e. The summed E-state index contributed by atoms with van der Waals surface area (Å²) in [6.45, 7) is 5.65. The molecule has 0 rings (SSSR count). The zero-order valence-corrected chi connectivity index (χ0v) is 9.75.